The van der Waals surface area contributed by atoms with Crippen LogP contribution in [0.4, 0.5) is 0 Å². The average molecular weight is 239 g/mol. The Bertz CT molecular complexity index is 337. The van der Waals surface area contributed by atoms with Gasteiger partial charge in [0.05, 0.1) is 12.5 Å². The molecule has 1 fully saturated rings. The van der Waals surface area contributed by atoms with Crippen LogP contribution in [0.25, 0.3) is 0 Å². The molecular formula is C12H17NO2S. The molecule has 16 heavy (non-hydrogen) atoms. The topological polar surface area (TPSA) is 49.3 Å². The zero-order valence-corrected chi connectivity index (χ0v) is 10.0. The van der Waals surface area contributed by atoms with Gasteiger partial charge in [-0.15, -0.1) is 0 Å². The number of thiophene rings is 1. The third-order valence-electron chi connectivity index (χ3n) is 3.05. The van der Waals surface area contributed by atoms with E-state index < -0.39 is 0 Å². The van der Waals surface area contributed by atoms with Crippen molar-refractivity contribution in [1.29, 1.82) is 0 Å². The van der Waals surface area contributed by atoms with Crippen molar-refractivity contribution < 1.29 is 9.90 Å². The zero-order chi connectivity index (χ0) is 11.4. The lowest BCUT2D eigenvalue weighted by Crippen LogP contribution is -2.29. The zero-order valence-electron chi connectivity index (χ0n) is 9.19. The molecule has 0 spiro atoms. The lowest BCUT2D eigenvalue weighted by molar-refractivity contribution is -0.120. The van der Waals surface area contributed by atoms with Crippen LogP contribution in [0.15, 0.2) is 16.8 Å². The van der Waals surface area contributed by atoms with Gasteiger partial charge in [0.15, 0.2) is 0 Å². The van der Waals surface area contributed by atoms with Gasteiger partial charge >= 0.3 is 0 Å². The smallest absolute Gasteiger partial charge is 0.224 e. The second-order valence-corrected chi connectivity index (χ2v) is 5.23. The Hall–Kier alpha value is -0.870. The van der Waals surface area contributed by atoms with Crippen molar-refractivity contribution in [3.8, 4) is 0 Å². The van der Waals surface area contributed by atoms with Crippen LogP contribution in [0.2, 0.25) is 0 Å². The summed E-state index contributed by atoms with van der Waals surface area (Å²) in [6.07, 6.45) is 3.06. The average Bonchev–Trinajstić information content (AvgIpc) is 2.87. The maximum absolute atomic E-state index is 11.6. The molecule has 2 atom stereocenters. The number of carbonyl (C=O) groups is 1. The first kappa shape index (κ1) is 11.6. The SMILES string of the molecule is O=C(Cc1ccsc1)NCC1CCC(O)C1. The Morgan fingerprint density at radius 3 is 3.06 bits per heavy atom. The van der Waals surface area contributed by atoms with E-state index in [0.717, 1.165) is 24.8 Å². The summed E-state index contributed by atoms with van der Waals surface area (Å²) in [6, 6.07) is 1.98. The van der Waals surface area contributed by atoms with Gasteiger partial charge in [0, 0.05) is 6.54 Å². The largest absolute Gasteiger partial charge is 0.393 e. The molecule has 1 aliphatic carbocycles. The van der Waals surface area contributed by atoms with Gasteiger partial charge in [-0.05, 0) is 47.6 Å². The predicted octanol–water partition coefficient (Wildman–Crippen LogP) is 1.57. The van der Waals surface area contributed by atoms with Crippen LogP contribution in [-0.4, -0.2) is 23.7 Å². The van der Waals surface area contributed by atoms with E-state index in [1.807, 2.05) is 16.8 Å². The summed E-state index contributed by atoms with van der Waals surface area (Å²) < 4.78 is 0. The van der Waals surface area contributed by atoms with Crippen LogP contribution >= 0.6 is 11.3 Å². The van der Waals surface area contributed by atoms with E-state index in [0.29, 0.717) is 18.9 Å². The minimum atomic E-state index is -0.154. The number of rotatable bonds is 4. The number of hydrogen-bond donors (Lipinski definition) is 2. The van der Waals surface area contributed by atoms with E-state index in [1.54, 1.807) is 11.3 Å². The van der Waals surface area contributed by atoms with Gasteiger partial charge in [0.25, 0.3) is 0 Å². The Morgan fingerprint density at radius 1 is 1.56 bits per heavy atom. The fraction of sp³-hybridized carbons (Fsp3) is 0.583. The number of amides is 1. The molecular weight excluding hydrogens is 222 g/mol. The molecule has 3 nitrogen and oxygen atoms in total. The highest BCUT2D eigenvalue weighted by Gasteiger charge is 2.22. The predicted molar refractivity (Wildman–Crippen MR) is 64.4 cm³/mol. The van der Waals surface area contributed by atoms with Crippen molar-refractivity contribution in [2.24, 2.45) is 5.92 Å². The number of aliphatic hydroxyl groups is 1. The molecule has 1 aromatic rings. The number of aliphatic hydroxyl groups excluding tert-OH is 1. The molecule has 0 bridgehead atoms. The van der Waals surface area contributed by atoms with Crippen molar-refractivity contribution in [2.75, 3.05) is 6.54 Å². The third kappa shape index (κ3) is 3.32. The summed E-state index contributed by atoms with van der Waals surface area (Å²) in [5.74, 6) is 0.543. The van der Waals surface area contributed by atoms with Crippen LogP contribution in [0.1, 0.15) is 24.8 Å². The molecule has 88 valence electrons. The maximum Gasteiger partial charge on any atom is 0.224 e. The van der Waals surface area contributed by atoms with Crippen molar-refractivity contribution in [2.45, 2.75) is 31.8 Å². The number of hydrogen-bond acceptors (Lipinski definition) is 3. The Morgan fingerprint density at radius 2 is 2.44 bits per heavy atom. The van der Waals surface area contributed by atoms with E-state index >= 15 is 0 Å². The summed E-state index contributed by atoms with van der Waals surface area (Å²) in [5.41, 5.74) is 1.08. The highest BCUT2D eigenvalue weighted by atomic mass is 32.1. The standard InChI is InChI=1S/C12H17NO2S/c14-11-2-1-9(5-11)7-13-12(15)6-10-3-4-16-8-10/h3-4,8-9,11,14H,1-2,5-7H2,(H,13,15). The fourth-order valence-corrected chi connectivity index (χ4v) is 2.80. The molecule has 1 amide bonds. The van der Waals surface area contributed by atoms with Gasteiger partial charge in [0.2, 0.25) is 5.91 Å². The molecule has 0 saturated heterocycles. The molecule has 1 heterocycles. The summed E-state index contributed by atoms with van der Waals surface area (Å²) >= 11 is 1.61. The molecule has 0 aliphatic heterocycles. The lowest BCUT2D eigenvalue weighted by atomic mass is 10.1. The van der Waals surface area contributed by atoms with Crippen LogP contribution in [0.5, 0.6) is 0 Å². The number of carbonyl (C=O) groups excluding carboxylic acids is 1. The van der Waals surface area contributed by atoms with Crippen LogP contribution < -0.4 is 5.32 Å². The van der Waals surface area contributed by atoms with E-state index in [-0.39, 0.29) is 12.0 Å². The molecule has 0 radical (unpaired) electrons. The van der Waals surface area contributed by atoms with Crippen molar-refractivity contribution in [3.05, 3.63) is 22.4 Å². The first-order chi connectivity index (χ1) is 7.74. The van der Waals surface area contributed by atoms with Gasteiger partial charge in [0.1, 0.15) is 0 Å². The molecule has 1 saturated carbocycles. The molecule has 2 unspecified atom stereocenters. The fourth-order valence-electron chi connectivity index (χ4n) is 2.13. The van der Waals surface area contributed by atoms with E-state index in [2.05, 4.69) is 5.32 Å². The van der Waals surface area contributed by atoms with Gasteiger partial charge in [-0.1, -0.05) is 0 Å². The van der Waals surface area contributed by atoms with E-state index in [9.17, 15) is 9.90 Å². The second-order valence-electron chi connectivity index (χ2n) is 4.45. The van der Waals surface area contributed by atoms with Gasteiger partial charge < -0.3 is 10.4 Å². The second kappa shape index (κ2) is 5.46. The van der Waals surface area contributed by atoms with E-state index in [1.165, 1.54) is 0 Å². The van der Waals surface area contributed by atoms with Gasteiger partial charge in [-0.2, -0.15) is 11.3 Å². The normalized spacial score (nSPS) is 24.6. The van der Waals surface area contributed by atoms with E-state index in [4.69, 9.17) is 0 Å². The summed E-state index contributed by atoms with van der Waals surface area (Å²) in [5, 5.41) is 16.3. The summed E-state index contributed by atoms with van der Waals surface area (Å²) in [7, 11) is 0. The Labute approximate surface area is 99.5 Å². The quantitative estimate of drug-likeness (QED) is 0.838. The Kier molecular flexibility index (Phi) is 3.96. The monoisotopic (exact) mass is 239 g/mol. The molecule has 0 aromatic carbocycles. The molecule has 1 aromatic heterocycles. The molecule has 2 N–H and O–H groups in total. The number of nitrogens with one attached hydrogen (secondary N) is 1. The molecule has 2 rings (SSSR count). The van der Waals surface area contributed by atoms with Crippen molar-refractivity contribution in [3.63, 3.8) is 0 Å². The third-order valence-corrected chi connectivity index (χ3v) is 3.78. The van der Waals surface area contributed by atoms with Crippen LogP contribution in [-0.2, 0) is 11.2 Å². The summed E-state index contributed by atoms with van der Waals surface area (Å²) in [6.45, 7) is 0.708. The minimum absolute atomic E-state index is 0.0831. The first-order valence-electron chi connectivity index (χ1n) is 5.70. The first-order valence-corrected chi connectivity index (χ1v) is 6.64. The minimum Gasteiger partial charge on any atom is -0.393 e. The Balaban J connectivity index is 1.68. The molecule has 4 heteroatoms. The highest BCUT2D eigenvalue weighted by molar-refractivity contribution is 7.07. The van der Waals surface area contributed by atoms with Gasteiger partial charge in [-0.3, -0.25) is 4.79 Å². The van der Waals surface area contributed by atoms with Crippen molar-refractivity contribution in [1.82, 2.24) is 5.32 Å². The van der Waals surface area contributed by atoms with Crippen LogP contribution in [0, 0.1) is 5.92 Å². The van der Waals surface area contributed by atoms with Gasteiger partial charge in [-0.25, -0.2) is 0 Å². The molecule has 1 aliphatic rings. The lowest BCUT2D eigenvalue weighted by Gasteiger charge is -2.10. The maximum atomic E-state index is 11.6. The highest BCUT2D eigenvalue weighted by Crippen LogP contribution is 2.24. The summed E-state index contributed by atoms with van der Waals surface area (Å²) in [4.78, 5) is 11.6. The van der Waals surface area contributed by atoms with Crippen molar-refractivity contribution >= 4 is 17.2 Å². The van der Waals surface area contributed by atoms with Crippen LogP contribution in [0.3, 0.4) is 0 Å².